The summed E-state index contributed by atoms with van der Waals surface area (Å²) in [5, 5.41) is 14.9. The second-order valence-electron chi connectivity index (χ2n) is 5.05. The number of nitrogens with one attached hydrogen (secondary N) is 2. The van der Waals surface area contributed by atoms with Crippen LogP contribution in [0.15, 0.2) is 24.3 Å². The summed E-state index contributed by atoms with van der Waals surface area (Å²) in [4.78, 5) is 11.6. The normalized spacial score (nSPS) is 12.3. The quantitative estimate of drug-likeness (QED) is 0.739. The van der Waals surface area contributed by atoms with Gasteiger partial charge in [0.05, 0.1) is 6.10 Å². The number of carbonyl (C=O) groups excluding carboxylic acids is 1. The van der Waals surface area contributed by atoms with Gasteiger partial charge in [0.1, 0.15) is 0 Å². The molecule has 0 aromatic heterocycles. The van der Waals surface area contributed by atoms with Crippen molar-refractivity contribution in [3.8, 4) is 0 Å². The average Bonchev–Trinajstić information content (AvgIpc) is 2.37. The number of benzene rings is 1. The van der Waals surface area contributed by atoms with Crippen molar-refractivity contribution in [1.82, 2.24) is 5.32 Å². The predicted octanol–water partition coefficient (Wildman–Crippen LogP) is 3.09. The lowest BCUT2D eigenvalue weighted by molar-refractivity contribution is 0.162. The number of aliphatic hydroxyl groups is 1. The molecule has 0 saturated heterocycles. The van der Waals surface area contributed by atoms with Crippen LogP contribution in [-0.2, 0) is 0 Å². The number of hydrogen-bond acceptors (Lipinski definition) is 2. The molecule has 0 saturated carbocycles. The highest BCUT2D eigenvalue weighted by atomic mass is 16.3. The molecule has 19 heavy (non-hydrogen) atoms. The van der Waals surface area contributed by atoms with Crippen LogP contribution in [0.3, 0.4) is 0 Å². The Morgan fingerprint density at radius 3 is 2.42 bits per heavy atom. The fraction of sp³-hybridized carbons (Fsp3) is 0.533. The highest BCUT2D eigenvalue weighted by Gasteiger charge is 2.06. The van der Waals surface area contributed by atoms with Crippen LogP contribution in [0.5, 0.6) is 0 Å². The Labute approximate surface area is 115 Å². The first-order valence-corrected chi connectivity index (χ1v) is 6.85. The molecule has 1 aromatic rings. The molecular weight excluding hydrogens is 240 g/mol. The van der Waals surface area contributed by atoms with Crippen molar-refractivity contribution in [2.45, 2.75) is 45.6 Å². The molecule has 0 aliphatic carbocycles. The molecule has 0 radical (unpaired) electrons. The zero-order valence-electron chi connectivity index (χ0n) is 11.9. The van der Waals surface area contributed by atoms with Crippen molar-refractivity contribution in [3.63, 3.8) is 0 Å². The lowest BCUT2D eigenvalue weighted by atomic mass is 10.0. The maximum absolute atomic E-state index is 11.6. The van der Waals surface area contributed by atoms with E-state index in [-0.39, 0.29) is 12.6 Å². The van der Waals surface area contributed by atoms with Crippen LogP contribution >= 0.6 is 0 Å². The van der Waals surface area contributed by atoms with E-state index in [1.54, 1.807) is 0 Å². The van der Waals surface area contributed by atoms with Crippen LogP contribution in [-0.4, -0.2) is 23.8 Å². The van der Waals surface area contributed by atoms with Gasteiger partial charge < -0.3 is 15.7 Å². The minimum Gasteiger partial charge on any atom is -0.391 e. The zero-order valence-corrected chi connectivity index (χ0v) is 11.9. The van der Waals surface area contributed by atoms with Crippen LogP contribution < -0.4 is 10.6 Å². The summed E-state index contributed by atoms with van der Waals surface area (Å²) in [6.45, 7) is 6.54. The highest BCUT2D eigenvalue weighted by Crippen LogP contribution is 2.16. The monoisotopic (exact) mass is 264 g/mol. The Kier molecular flexibility index (Phi) is 6.36. The van der Waals surface area contributed by atoms with Crippen molar-refractivity contribution in [3.05, 3.63) is 29.8 Å². The Morgan fingerprint density at radius 1 is 1.26 bits per heavy atom. The molecule has 4 heteroatoms. The Bertz CT molecular complexity index is 388. The predicted molar refractivity (Wildman–Crippen MR) is 78.5 cm³/mol. The lowest BCUT2D eigenvalue weighted by Crippen LogP contribution is -2.35. The molecule has 3 N–H and O–H groups in total. The second-order valence-corrected chi connectivity index (χ2v) is 5.05. The summed E-state index contributed by atoms with van der Waals surface area (Å²) in [7, 11) is 0. The summed E-state index contributed by atoms with van der Waals surface area (Å²) >= 11 is 0. The van der Waals surface area contributed by atoms with Crippen LogP contribution in [0, 0.1) is 0 Å². The Balaban J connectivity index is 2.40. The molecule has 1 aromatic carbocycles. The molecule has 2 amide bonds. The van der Waals surface area contributed by atoms with Gasteiger partial charge in [0.25, 0.3) is 0 Å². The summed E-state index contributed by atoms with van der Waals surface area (Å²) in [6.07, 6.45) is 1.13. The molecule has 0 spiro atoms. The summed E-state index contributed by atoms with van der Waals surface area (Å²) in [6, 6.07) is 7.50. The van der Waals surface area contributed by atoms with Gasteiger partial charge in [-0.1, -0.05) is 39.3 Å². The van der Waals surface area contributed by atoms with E-state index >= 15 is 0 Å². The molecule has 0 aliphatic heterocycles. The fourth-order valence-electron chi connectivity index (χ4n) is 1.77. The molecule has 1 atom stereocenters. The third-order valence-electron chi connectivity index (χ3n) is 2.96. The number of amides is 2. The molecule has 0 bridgehead atoms. The number of hydrogen-bond donors (Lipinski definition) is 3. The lowest BCUT2D eigenvalue weighted by Gasteiger charge is -2.12. The van der Waals surface area contributed by atoms with Crippen LogP contribution in [0.25, 0.3) is 0 Å². The Morgan fingerprint density at radius 2 is 1.89 bits per heavy atom. The minimum absolute atomic E-state index is 0.281. The number of urea groups is 1. The number of carbonyl (C=O) groups is 1. The van der Waals surface area contributed by atoms with E-state index in [2.05, 4.69) is 24.5 Å². The minimum atomic E-state index is -0.473. The average molecular weight is 264 g/mol. The first-order valence-electron chi connectivity index (χ1n) is 6.85. The number of anilines is 1. The van der Waals surface area contributed by atoms with Crippen molar-refractivity contribution in [1.29, 1.82) is 0 Å². The van der Waals surface area contributed by atoms with Gasteiger partial charge in [-0.2, -0.15) is 0 Å². The molecular formula is C15H24N2O2. The van der Waals surface area contributed by atoms with Crippen molar-refractivity contribution in [2.24, 2.45) is 0 Å². The van der Waals surface area contributed by atoms with Gasteiger partial charge in [0.15, 0.2) is 0 Å². The Hall–Kier alpha value is -1.55. The van der Waals surface area contributed by atoms with Gasteiger partial charge in [0, 0.05) is 12.2 Å². The topological polar surface area (TPSA) is 61.4 Å². The fourth-order valence-corrected chi connectivity index (χ4v) is 1.77. The summed E-state index contributed by atoms with van der Waals surface area (Å²) < 4.78 is 0. The maximum Gasteiger partial charge on any atom is 0.319 e. The maximum atomic E-state index is 11.6. The van der Waals surface area contributed by atoms with Crippen LogP contribution in [0.4, 0.5) is 10.5 Å². The van der Waals surface area contributed by atoms with Gasteiger partial charge >= 0.3 is 6.03 Å². The smallest absolute Gasteiger partial charge is 0.319 e. The molecule has 4 nitrogen and oxygen atoms in total. The molecule has 0 aliphatic rings. The van der Waals surface area contributed by atoms with Gasteiger partial charge in [-0.05, 0) is 30.0 Å². The largest absolute Gasteiger partial charge is 0.391 e. The number of rotatable bonds is 6. The van der Waals surface area contributed by atoms with Crippen LogP contribution in [0.1, 0.15) is 45.1 Å². The zero-order chi connectivity index (χ0) is 14.3. The third-order valence-corrected chi connectivity index (χ3v) is 2.96. The highest BCUT2D eigenvalue weighted by molar-refractivity contribution is 5.89. The summed E-state index contributed by atoms with van der Waals surface area (Å²) in [5.74, 6) is 0.479. The molecule has 0 heterocycles. The van der Waals surface area contributed by atoms with E-state index in [9.17, 15) is 9.90 Å². The standard InChI is InChI=1S/C15H24N2O2/c1-4-5-14(18)10-16-15(19)17-13-8-6-12(7-9-13)11(2)3/h6-9,11,14,18H,4-5,10H2,1-3H3,(H2,16,17,19). The van der Waals surface area contributed by atoms with Gasteiger partial charge in [0.2, 0.25) is 0 Å². The molecule has 0 fully saturated rings. The van der Waals surface area contributed by atoms with E-state index in [4.69, 9.17) is 0 Å². The van der Waals surface area contributed by atoms with E-state index in [1.165, 1.54) is 5.56 Å². The van der Waals surface area contributed by atoms with Gasteiger partial charge in [-0.25, -0.2) is 4.79 Å². The van der Waals surface area contributed by atoms with Crippen LogP contribution in [0.2, 0.25) is 0 Å². The van der Waals surface area contributed by atoms with E-state index in [0.29, 0.717) is 12.3 Å². The third kappa shape index (κ3) is 5.75. The number of aliphatic hydroxyl groups excluding tert-OH is 1. The molecule has 1 rings (SSSR count). The molecule has 106 valence electrons. The SMILES string of the molecule is CCCC(O)CNC(=O)Nc1ccc(C(C)C)cc1. The van der Waals surface area contributed by atoms with E-state index in [1.807, 2.05) is 31.2 Å². The first kappa shape index (κ1) is 15.5. The molecule has 1 unspecified atom stereocenters. The van der Waals surface area contributed by atoms with Gasteiger partial charge in [-0.3, -0.25) is 0 Å². The first-order chi connectivity index (χ1) is 9.02. The van der Waals surface area contributed by atoms with E-state index in [0.717, 1.165) is 12.1 Å². The van der Waals surface area contributed by atoms with Crippen molar-refractivity contribution in [2.75, 3.05) is 11.9 Å². The van der Waals surface area contributed by atoms with E-state index < -0.39 is 6.10 Å². The van der Waals surface area contributed by atoms with Crippen molar-refractivity contribution < 1.29 is 9.90 Å². The second kappa shape index (κ2) is 7.79. The van der Waals surface area contributed by atoms with Gasteiger partial charge in [-0.15, -0.1) is 0 Å². The summed E-state index contributed by atoms with van der Waals surface area (Å²) in [5.41, 5.74) is 2.00. The van der Waals surface area contributed by atoms with Crippen molar-refractivity contribution >= 4 is 11.7 Å².